The number of carbonyl (C=O) groups excluding carboxylic acids is 1. The zero-order valence-corrected chi connectivity index (χ0v) is 9.93. The van der Waals surface area contributed by atoms with Crippen LogP contribution in [0, 0.1) is 6.92 Å². The molecule has 0 radical (unpaired) electrons. The minimum Gasteiger partial charge on any atom is -0.456 e. The van der Waals surface area contributed by atoms with Gasteiger partial charge in [-0.1, -0.05) is 6.92 Å². The Morgan fingerprint density at radius 2 is 2.38 bits per heavy atom. The molecule has 4 nitrogen and oxygen atoms in total. The van der Waals surface area contributed by atoms with Crippen molar-refractivity contribution in [2.45, 2.75) is 20.3 Å². The molecule has 5 heteroatoms. The van der Waals surface area contributed by atoms with Crippen molar-refractivity contribution < 1.29 is 9.21 Å². The molecule has 0 spiro atoms. The number of anilines is 1. The summed E-state index contributed by atoms with van der Waals surface area (Å²) in [5, 5.41) is 3.29. The number of thiazole rings is 1. The van der Waals surface area contributed by atoms with Gasteiger partial charge in [-0.15, -0.1) is 11.3 Å². The lowest BCUT2D eigenvalue weighted by molar-refractivity contribution is 0.0995. The van der Waals surface area contributed by atoms with Crippen LogP contribution in [0.15, 0.2) is 22.7 Å². The van der Waals surface area contributed by atoms with Crippen LogP contribution in [0.25, 0.3) is 0 Å². The van der Waals surface area contributed by atoms with E-state index in [-0.39, 0.29) is 5.91 Å². The maximum atomic E-state index is 11.7. The van der Waals surface area contributed by atoms with Crippen LogP contribution in [0.3, 0.4) is 0 Å². The smallest absolute Gasteiger partial charge is 0.293 e. The third-order valence-electron chi connectivity index (χ3n) is 2.08. The quantitative estimate of drug-likeness (QED) is 0.891. The first-order chi connectivity index (χ1) is 7.69. The van der Waals surface area contributed by atoms with E-state index in [9.17, 15) is 4.79 Å². The maximum Gasteiger partial charge on any atom is 0.293 e. The predicted molar refractivity (Wildman–Crippen MR) is 62.9 cm³/mol. The number of hydrogen-bond acceptors (Lipinski definition) is 4. The van der Waals surface area contributed by atoms with Crippen LogP contribution in [-0.2, 0) is 6.42 Å². The number of aryl methyl sites for hydroxylation is 2. The number of hydrogen-bond donors (Lipinski definition) is 1. The first-order valence-corrected chi connectivity index (χ1v) is 5.83. The Balaban J connectivity index is 2.08. The summed E-state index contributed by atoms with van der Waals surface area (Å²) in [6, 6.07) is 3.48. The third-order valence-corrected chi connectivity index (χ3v) is 2.90. The van der Waals surface area contributed by atoms with E-state index in [2.05, 4.69) is 10.3 Å². The number of nitrogens with zero attached hydrogens (tertiary/aromatic N) is 1. The average Bonchev–Trinajstić information content (AvgIpc) is 2.87. The minimum atomic E-state index is -0.256. The van der Waals surface area contributed by atoms with Crippen LogP contribution < -0.4 is 5.32 Å². The van der Waals surface area contributed by atoms with Crippen LogP contribution in [0.5, 0.6) is 0 Å². The zero-order valence-electron chi connectivity index (χ0n) is 9.11. The van der Waals surface area contributed by atoms with E-state index in [1.54, 1.807) is 12.3 Å². The zero-order chi connectivity index (χ0) is 11.5. The second kappa shape index (κ2) is 4.49. The lowest BCUT2D eigenvalue weighted by Crippen LogP contribution is -2.10. The molecule has 0 aliphatic carbocycles. The molecule has 84 valence electrons. The van der Waals surface area contributed by atoms with E-state index in [1.807, 2.05) is 19.9 Å². The Hall–Kier alpha value is -1.62. The number of amides is 1. The highest BCUT2D eigenvalue weighted by molar-refractivity contribution is 7.15. The molecular weight excluding hydrogens is 224 g/mol. The molecule has 2 aromatic rings. The minimum absolute atomic E-state index is 0.256. The number of nitrogens with one attached hydrogen (secondary N) is 1. The lowest BCUT2D eigenvalue weighted by Gasteiger charge is -1.97. The monoisotopic (exact) mass is 236 g/mol. The molecule has 2 aromatic heterocycles. The summed E-state index contributed by atoms with van der Waals surface area (Å²) in [5.41, 5.74) is 0. The van der Waals surface area contributed by atoms with Crippen molar-refractivity contribution >= 4 is 22.4 Å². The van der Waals surface area contributed by atoms with Gasteiger partial charge in [0.15, 0.2) is 10.9 Å². The highest BCUT2D eigenvalue weighted by Gasteiger charge is 2.12. The van der Waals surface area contributed by atoms with Crippen molar-refractivity contribution in [3.63, 3.8) is 0 Å². The second-order valence-electron chi connectivity index (χ2n) is 3.35. The molecule has 0 aliphatic rings. The molecule has 16 heavy (non-hydrogen) atoms. The normalized spacial score (nSPS) is 10.4. The molecule has 0 aromatic carbocycles. The summed E-state index contributed by atoms with van der Waals surface area (Å²) in [4.78, 5) is 16.8. The molecule has 0 saturated carbocycles. The maximum absolute atomic E-state index is 11.7. The van der Waals surface area contributed by atoms with Gasteiger partial charge in [-0.3, -0.25) is 10.1 Å². The first kappa shape index (κ1) is 10.9. The van der Waals surface area contributed by atoms with E-state index >= 15 is 0 Å². The molecular formula is C11H12N2O2S. The van der Waals surface area contributed by atoms with E-state index in [0.29, 0.717) is 10.9 Å². The highest BCUT2D eigenvalue weighted by atomic mass is 32.1. The highest BCUT2D eigenvalue weighted by Crippen LogP contribution is 2.18. The molecule has 0 atom stereocenters. The summed E-state index contributed by atoms with van der Waals surface area (Å²) in [6.07, 6.45) is 2.50. The fraction of sp³-hybridized carbons (Fsp3) is 0.273. The van der Waals surface area contributed by atoms with Gasteiger partial charge in [-0.2, -0.15) is 0 Å². The Kier molecular flexibility index (Phi) is 3.05. The third kappa shape index (κ3) is 2.30. The van der Waals surface area contributed by atoms with Crippen molar-refractivity contribution in [3.8, 4) is 0 Å². The standard InChI is InChI=1S/C11H12N2O2S/c1-3-8-4-5-9(15-8)10(14)13-11-12-6-7(2)16-11/h4-6H,3H2,1-2H3,(H,12,13,14). The topological polar surface area (TPSA) is 55.1 Å². The van der Waals surface area contributed by atoms with Crippen molar-refractivity contribution in [2.24, 2.45) is 0 Å². The average molecular weight is 236 g/mol. The second-order valence-corrected chi connectivity index (χ2v) is 4.58. The molecule has 1 N–H and O–H groups in total. The van der Waals surface area contributed by atoms with Gasteiger partial charge >= 0.3 is 0 Å². The van der Waals surface area contributed by atoms with Gasteiger partial charge in [0.05, 0.1) is 0 Å². The molecule has 2 rings (SSSR count). The van der Waals surface area contributed by atoms with Crippen molar-refractivity contribution in [1.82, 2.24) is 4.98 Å². The van der Waals surface area contributed by atoms with Crippen LogP contribution >= 0.6 is 11.3 Å². The van der Waals surface area contributed by atoms with Crippen LogP contribution in [0.2, 0.25) is 0 Å². The van der Waals surface area contributed by atoms with E-state index < -0.39 is 0 Å². The molecule has 0 saturated heterocycles. The fourth-order valence-electron chi connectivity index (χ4n) is 1.26. The molecule has 0 bridgehead atoms. The van der Waals surface area contributed by atoms with Crippen molar-refractivity contribution in [1.29, 1.82) is 0 Å². The number of furan rings is 1. The Bertz CT molecular complexity index is 502. The molecule has 1 amide bonds. The summed E-state index contributed by atoms with van der Waals surface area (Å²) in [7, 11) is 0. The summed E-state index contributed by atoms with van der Waals surface area (Å²) in [6.45, 7) is 3.92. The van der Waals surface area contributed by atoms with Gasteiger partial charge < -0.3 is 4.42 Å². The Morgan fingerprint density at radius 3 is 2.94 bits per heavy atom. The molecule has 0 aliphatic heterocycles. The fourth-order valence-corrected chi connectivity index (χ4v) is 1.92. The number of rotatable bonds is 3. The van der Waals surface area contributed by atoms with Gasteiger partial charge in [-0.05, 0) is 19.1 Å². The van der Waals surface area contributed by atoms with Crippen LogP contribution in [0.4, 0.5) is 5.13 Å². The van der Waals surface area contributed by atoms with Crippen molar-refractivity contribution in [2.75, 3.05) is 5.32 Å². The summed E-state index contributed by atoms with van der Waals surface area (Å²) >= 11 is 1.44. The molecule has 0 unspecified atom stereocenters. The van der Waals surface area contributed by atoms with Gasteiger partial charge in [0.1, 0.15) is 5.76 Å². The van der Waals surface area contributed by atoms with Crippen LogP contribution in [0.1, 0.15) is 28.1 Å². The number of aromatic nitrogens is 1. The lowest BCUT2D eigenvalue weighted by atomic mass is 10.3. The van der Waals surface area contributed by atoms with E-state index in [1.165, 1.54) is 11.3 Å². The SMILES string of the molecule is CCc1ccc(C(=O)Nc2ncc(C)s2)o1. The van der Waals surface area contributed by atoms with Gasteiger partial charge in [-0.25, -0.2) is 4.98 Å². The summed E-state index contributed by atoms with van der Waals surface area (Å²) in [5.74, 6) is 0.874. The van der Waals surface area contributed by atoms with Gasteiger partial charge in [0.2, 0.25) is 0 Å². The number of carbonyl (C=O) groups is 1. The summed E-state index contributed by atoms with van der Waals surface area (Å²) < 4.78 is 5.34. The predicted octanol–water partition coefficient (Wildman–Crippen LogP) is 2.86. The Morgan fingerprint density at radius 1 is 1.56 bits per heavy atom. The molecule has 2 heterocycles. The molecule has 0 fully saturated rings. The van der Waals surface area contributed by atoms with E-state index in [4.69, 9.17) is 4.42 Å². The Labute approximate surface area is 97.3 Å². The van der Waals surface area contributed by atoms with Gasteiger partial charge in [0.25, 0.3) is 5.91 Å². The largest absolute Gasteiger partial charge is 0.456 e. The van der Waals surface area contributed by atoms with Crippen LogP contribution in [-0.4, -0.2) is 10.9 Å². The van der Waals surface area contributed by atoms with Crippen molar-refractivity contribution in [3.05, 3.63) is 34.7 Å². The van der Waals surface area contributed by atoms with Gasteiger partial charge in [0, 0.05) is 17.5 Å². The van der Waals surface area contributed by atoms with E-state index in [0.717, 1.165) is 17.1 Å². The first-order valence-electron chi connectivity index (χ1n) is 5.01.